The highest BCUT2D eigenvalue weighted by Crippen LogP contribution is 2.43. The van der Waals surface area contributed by atoms with Crippen molar-refractivity contribution in [1.82, 2.24) is 0 Å². The molecule has 0 aliphatic carbocycles. The number of halogens is 6. The van der Waals surface area contributed by atoms with Crippen molar-refractivity contribution in [2.75, 3.05) is 0 Å². The average Bonchev–Trinajstić information content (AvgIpc) is 2.00. The molecule has 2 N–H and O–H groups in total. The average molecular weight is 251 g/mol. The summed E-state index contributed by atoms with van der Waals surface area (Å²) in [6.45, 7) is 3.05. The third-order valence-electron chi connectivity index (χ3n) is 2.68. The highest BCUT2D eigenvalue weighted by molar-refractivity contribution is 4.88. The van der Waals surface area contributed by atoms with Crippen LogP contribution in [0.15, 0.2) is 0 Å². The lowest BCUT2D eigenvalue weighted by molar-refractivity contribution is -0.292. The molecule has 0 radical (unpaired) electrons. The zero-order chi connectivity index (χ0) is 13.1. The second kappa shape index (κ2) is 5.25. The van der Waals surface area contributed by atoms with Crippen LogP contribution in [0.5, 0.6) is 0 Å². The van der Waals surface area contributed by atoms with Crippen LogP contribution in [0.4, 0.5) is 26.3 Å². The second-order valence-electron chi connectivity index (χ2n) is 3.71. The second-order valence-corrected chi connectivity index (χ2v) is 3.71. The molecule has 0 aliphatic heterocycles. The standard InChI is InChI=1S/C9H15F6N/c1-3-5(4-2)6(16)7(8(10,11)12)9(13,14)15/h5-7H,3-4,16H2,1-2H3. The monoisotopic (exact) mass is 251 g/mol. The summed E-state index contributed by atoms with van der Waals surface area (Å²) >= 11 is 0. The first-order valence-electron chi connectivity index (χ1n) is 4.94. The van der Waals surface area contributed by atoms with Crippen LogP contribution in [0, 0.1) is 11.8 Å². The fourth-order valence-electron chi connectivity index (χ4n) is 1.73. The lowest BCUT2D eigenvalue weighted by Gasteiger charge is -2.32. The molecule has 0 aliphatic rings. The Bertz CT molecular complexity index is 191. The van der Waals surface area contributed by atoms with Crippen LogP contribution in [-0.4, -0.2) is 18.4 Å². The van der Waals surface area contributed by atoms with Crippen LogP contribution in [0.3, 0.4) is 0 Å². The lowest BCUT2D eigenvalue weighted by atomic mass is 9.84. The summed E-state index contributed by atoms with van der Waals surface area (Å²) < 4.78 is 73.8. The number of hydrogen-bond donors (Lipinski definition) is 1. The molecule has 16 heavy (non-hydrogen) atoms. The maximum atomic E-state index is 12.3. The molecule has 0 heterocycles. The number of rotatable bonds is 4. The number of hydrogen-bond acceptors (Lipinski definition) is 1. The van der Waals surface area contributed by atoms with E-state index in [2.05, 4.69) is 0 Å². The van der Waals surface area contributed by atoms with Crippen LogP contribution in [0.2, 0.25) is 0 Å². The Labute approximate surface area is 90.0 Å². The van der Waals surface area contributed by atoms with Gasteiger partial charge in [-0.1, -0.05) is 26.7 Å². The highest BCUT2D eigenvalue weighted by atomic mass is 19.4. The summed E-state index contributed by atoms with van der Waals surface area (Å²) in [5.41, 5.74) is 5.12. The van der Waals surface area contributed by atoms with E-state index in [0.717, 1.165) is 0 Å². The highest BCUT2D eigenvalue weighted by Gasteiger charge is 2.60. The fraction of sp³-hybridized carbons (Fsp3) is 1.00. The molecule has 1 unspecified atom stereocenters. The number of alkyl halides is 6. The largest absolute Gasteiger partial charge is 0.402 e. The van der Waals surface area contributed by atoms with Crippen molar-refractivity contribution in [3.8, 4) is 0 Å². The molecule has 0 aromatic carbocycles. The number of nitrogens with two attached hydrogens (primary N) is 1. The topological polar surface area (TPSA) is 26.0 Å². The van der Waals surface area contributed by atoms with Crippen LogP contribution in [-0.2, 0) is 0 Å². The first-order valence-corrected chi connectivity index (χ1v) is 4.94. The molecule has 0 saturated carbocycles. The van der Waals surface area contributed by atoms with Gasteiger partial charge in [0.2, 0.25) is 0 Å². The molecule has 0 bridgehead atoms. The van der Waals surface area contributed by atoms with Crippen molar-refractivity contribution in [3.05, 3.63) is 0 Å². The van der Waals surface area contributed by atoms with Crippen molar-refractivity contribution >= 4 is 0 Å². The van der Waals surface area contributed by atoms with Gasteiger partial charge in [-0.15, -0.1) is 0 Å². The normalized spacial score (nSPS) is 15.9. The van der Waals surface area contributed by atoms with E-state index >= 15 is 0 Å². The minimum atomic E-state index is -5.35. The van der Waals surface area contributed by atoms with E-state index in [1.165, 1.54) is 13.8 Å². The summed E-state index contributed by atoms with van der Waals surface area (Å²) in [5.74, 6) is -4.22. The molecular weight excluding hydrogens is 236 g/mol. The molecule has 0 saturated heterocycles. The molecule has 0 aromatic rings. The van der Waals surface area contributed by atoms with Crippen molar-refractivity contribution in [1.29, 1.82) is 0 Å². The smallest absolute Gasteiger partial charge is 0.327 e. The van der Waals surface area contributed by atoms with E-state index in [1.807, 2.05) is 0 Å². The Hall–Kier alpha value is -0.460. The summed E-state index contributed by atoms with van der Waals surface area (Å²) in [6, 6.07) is -1.94. The zero-order valence-electron chi connectivity index (χ0n) is 8.99. The first kappa shape index (κ1) is 15.5. The Kier molecular flexibility index (Phi) is 5.10. The van der Waals surface area contributed by atoms with E-state index in [0.29, 0.717) is 0 Å². The van der Waals surface area contributed by atoms with Gasteiger partial charge in [0.1, 0.15) is 0 Å². The minimum absolute atomic E-state index is 0.195. The summed E-state index contributed by atoms with van der Waals surface area (Å²) in [5, 5.41) is 0. The fourth-order valence-corrected chi connectivity index (χ4v) is 1.73. The third kappa shape index (κ3) is 3.84. The Morgan fingerprint density at radius 1 is 0.875 bits per heavy atom. The summed E-state index contributed by atoms with van der Waals surface area (Å²) in [4.78, 5) is 0. The molecule has 0 rings (SSSR count). The summed E-state index contributed by atoms with van der Waals surface area (Å²) in [6.07, 6.45) is -10.3. The van der Waals surface area contributed by atoms with E-state index in [9.17, 15) is 26.3 Å². The van der Waals surface area contributed by atoms with Gasteiger partial charge in [-0.3, -0.25) is 0 Å². The molecule has 98 valence electrons. The van der Waals surface area contributed by atoms with Gasteiger partial charge in [0, 0.05) is 6.04 Å². The zero-order valence-corrected chi connectivity index (χ0v) is 8.99. The van der Waals surface area contributed by atoms with Gasteiger partial charge in [0.05, 0.1) is 0 Å². The molecular formula is C9H15F6N. The molecule has 0 aromatic heterocycles. The SMILES string of the molecule is CCC(CC)C(N)C(C(F)(F)F)C(F)(F)F. The van der Waals surface area contributed by atoms with E-state index < -0.39 is 30.2 Å². The predicted molar refractivity (Wildman–Crippen MR) is 47.6 cm³/mol. The lowest BCUT2D eigenvalue weighted by Crippen LogP contribution is -2.52. The van der Waals surface area contributed by atoms with Crippen molar-refractivity contribution in [3.63, 3.8) is 0 Å². The van der Waals surface area contributed by atoms with Gasteiger partial charge in [-0.25, -0.2) is 0 Å². The van der Waals surface area contributed by atoms with Gasteiger partial charge in [-0.05, 0) is 5.92 Å². The third-order valence-corrected chi connectivity index (χ3v) is 2.68. The van der Waals surface area contributed by atoms with Gasteiger partial charge in [0.15, 0.2) is 5.92 Å². The van der Waals surface area contributed by atoms with Crippen LogP contribution in [0.25, 0.3) is 0 Å². The molecule has 1 atom stereocenters. The Morgan fingerprint density at radius 3 is 1.38 bits per heavy atom. The van der Waals surface area contributed by atoms with Gasteiger partial charge >= 0.3 is 12.4 Å². The molecule has 0 spiro atoms. The van der Waals surface area contributed by atoms with Crippen molar-refractivity contribution < 1.29 is 26.3 Å². The minimum Gasteiger partial charge on any atom is -0.327 e. The maximum absolute atomic E-state index is 12.3. The molecule has 7 heteroatoms. The van der Waals surface area contributed by atoms with Gasteiger partial charge in [0.25, 0.3) is 0 Å². The van der Waals surface area contributed by atoms with E-state index in [4.69, 9.17) is 5.73 Å². The van der Waals surface area contributed by atoms with Gasteiger partial charge < -0.3 is 5.73 Å². The quantitative estimate of drug-likeness (QED) is 0.760. The molecule has 0 fully saturated rings. The van der Waals surface area contributed by atoms with Crippen LogP contribution in [0.1, 0.15) is 26.7 Å². The maximum Gasteiger partial charge on any atom is 0.402 e. The van der Waals surface area contributed by atoms with Crippen LogP contribution >= 0.6 is 0 Å². The molecule has 0 amide bonds. The Morgan fingerprint density at radius 2 is 1.19 bits per heavy atom. The van der Waals surface area contributed by atoms with Crippen molar-refractivity contribution in [2.24, 2.45) is 17.6 Å². The van der Waals surface area contributed by atoms with Crippen LogP contribution < -0.4 is 5.73 Å². The Balaban J connectivity index is 5.06. The predicted octanol–water partition coefficient (Wildman–Crippen LogP) is 3.49. The molecule has 1 nitrogen and oxygen atoms in total. The first-order chi connectivity index (χ1) is 7.05. The van der Waals surface area contributed by atoms with E-state index in [-0.39, 0.29) is 12.8 Å². The van der Waals surface area contributed by atoms with E-state index in [1.54, 1.807) is 0 Å². The van der Waals surface area contributed by atoms with Gasteiger partial charge in [-0.2, -0.15) is 26.3 Å². The van der Waals surface area contributed by atoms with Crippen molar-refractivity contribution in [2.45, 2.75) is 45.1 Å². The summed E-state index contributed by atoms with van der Waals surface area (Å²) in [7, 11) is 0.